The van der Waals surface area contributed by atoms with E-state index < -0.39 is 18.2 Å². The van der Waals surface area contributed by atoms with E-state index in [2.05, 4.69) is 31.3 Å². The summed E-state index contributed by atoms with van der Waals surface area (Å²) in [6, 6.07) is 11.9. The number of carbonyl (C=O) groups excluding carboxylic acids is 1. The van der Waals surface area contributed by atoms with Gasteiger partial charge >= 0.3 is 5.97 Å². The number of aliphatic carboxylic acids is 1. The van der Waals surface area contributed by atoms with Crippen LogP contribution in [0.5, 0.6) is 0 Å². The molecular weight excluding hydrogens is 350 g/mol. The molecule has 1 saturated heterocycles. The number of carboxylic acid groups (broad SMARTS) is 1. The lowest BCUT2D eigenvalue weighted by Crippen LogP contribution is -2.38. The third-order valence-corrected chi connectivity index (χ3v) is 5.58. The molecule has 1 aromatic carbocycles. The fourth-order valence-corrected chi connectivity index (χ4v) is 3.90. The number of ether oxygens (including phenoxy) is 1. The number of thiophene rings is 1. The van der Waals surface area contributed by atoms with Gasteiger partial charge in [-0.05, 0) is 41.3 Å². The van der Waals surface area contributed by atoms with E-state index in [1.807, 2.05) is 29.6 Å². The van der Waals surface area contributed by atoms with Gasteiger partial charge in [0.15, 0.2) is 6.10 Å². The molecule has 1 aliphatic rings. The number of amides is 1. The number of hydrogen-bond donors (Lipinski definition) is 2. The Morgan fingerprint density at radius 1 is 1.12 bits per heavy atom. The zero-order chi connectivity index (χ0) is 18.7. The highest BCUT2D eigenvalue weighted by atomic mass is 32.1. The van der Waals surface area contributed by atoms with E-state index in [9.17, 15) is 9.59 Å². The van der Waals surface area contributed by atoms with E-state index in [-0.39, 0.29) is 11.9 Å². The van der Waals surface area contributed by atoms with Crippen molar-refractivity contribution in [3.8, 4) is 0 Å². The molecule has 3 rings (SSSR count). The predicted molar refractivity (Wildman–Crippen MR) is 100 cm³/mol. The summed E-state index contributed by atoms with van der Waals surface area (Å²) in [5.74, 6) is -0.835. The number of hydrogen-bond acceptors (Lipinski definition) is 4. The molecule has 26 heavy (non-hydrogen) atoms. The van der Waals surface area contributed by atoms with Crippen LogP contribution < -0.4 is 5.32 Å². The van der Waals surface area contributed by atoms with Gasteiger partial charge in [0.05, 0.1) is 6.04 Å². The van der Waals surface area contributed by atoms with Crippen LogP contribution in [0.15, 0.2) is 41.8 Å². The molecule has 1 unspecified atom stereocenters. The van der Waals surface area contributed by atoms with Crippen molar-refractivity contribution in [2.45, 2.75) is 50.9 Å². The SMILES string of the molecule is CC(C)c1ccc(C(NC(=O)[C@@H]2CC[C@H](C(=O)O)O2)c2cccs2)cc1. The van der Waals surface area contributed by atoms with E-state index >= 15 is 0 Å². The van der Waals surface area contributed by atoms with Crippen LogP contribution in [0.2, 0.25) is 0 Å². The summed E-state index contributed by atoms with van der Waals surface area (Å²) in [5.41, 5.74) is 2.24. The Bertz CT molecular complexity index is 755. The van der Waals surface area contributed by atoms with Crippen molar-refractivity contribution in [1.82, 2.24) is 5.32 Å². The molecule has 2 N–H and O–H groups in total. The lowest BCUT2D eigenvalue weighted by atomic mass is 9.98. The molecule has 0 radical (unpaired) electrons. The molecule has 1 aromatic heterocycles. The normalized spacial score (nSPS) is 20.9. The molecule has 0 spiro atoms. The second-order valence-corrected chi connectivity index (χ2v) is 7.79. The van der Waals surface area contributed by atoms with Gasteiger partial charge in [0, 0.05) is 4.88 Å². The largest absolute Gasteiger partial charge is 0.479 e. The van der Waals surface area contributed by atoms with E-state index in [1.165, 1.54) is 5.56 Å². The molecule has 0 bridgehead atoms. The minimum absolute atomic E-state index is 0.264. The summed E-state index contributed by atoms with van der Waals surface area (Å²) in [6.07, 6.45) is -0.823. The van der Waals surface area contributed by atoms with Gasteiger partial charge < -0.3 is 15.2 Å². The van der Waals surface area contributed by atoms with Crippen molar-refractivity contribution in [3.63, 3.8) is 0 Å². The molecule has 0 saturated carbocycles. The van der Waals surface area contributed by atoms with Crippen molar-refractivity contribution in [2.75, 3.05) is 0 Å². The molecule has 6 heteroatoms. The molecule has 1 amide bonds. The maximum absolute atomic E-state index is 12.6. The smallest absolute Gasteiger partial charge is 0.332 e. The van der Waals surface area contributed by atoms with Crippen molar-refractivity contribution in [3.05, 3.63) is 57.8 Å². The Balaban J connectivity index is 1.77. The van der Waals surface area contributed by atoms with Crippen LogP contribution in [0.4, 0.5) is 0 Å². The van der Waals surface area contributed by atoms with Gasteiger partial charge in [0.1, 0.15) is 6.10 Å². The quantitative estimate of drug-likeness (QED) is 0.809. The highest BCUT2D eigenvalue weighted by Gasteiger charge is 2.35. The van der Waals surface area contributed by atoms with Gasteiger partial charge in [0.25, 0.3) is 0 Å². The fraction of sp³-hybridized carbons (Fsp3) is 0.400. The van der Waals surface area contributed by atoms with Crippen LogP contribution in [0, 0.1) is 0 Å². The van der Waals surface area contributed by atoms with Crippen LogP contribution in [0.25, 0.3) is 0 Å². The molecule has 5 nitrogen and oxygen atoms in total. The summed E-state index contributed by atoms with van der Waals surface area (Å²) < 4.78 is 5.38. The number of benzene rings is 1. The van der Waals surface area contributed by atoms with Gasteiger partial charge in [-0.3, -0.25) is 4.79 Å². The molecule has 138 valence electrons. The van der Waals surface area contributed by atoms with Gasteiger partial charge in [-0.15, -0.1) is 11.3 Å². The summed E-state index contributed by atoms with van der Waals surface area (Å²) in [4.78, 5) is 24.7. The third-order valence-electron chi connectivity index (χ3n) is 4.64. The van der Waals surface area contributed by atoms with Crippen molar-refractivity contribution in [2.24, 2.45) is 0 Å². The van der Waals surface area contributed by atoms with Crippen LogP contribution in [0.1, 0.15) is 54.7 Å². The average molecular weight is 373 g/mol. The van der Waals surface area contributed by atoms with E-state index in [4.69, 9.17) is 9.84 Å². The minimum atomic E-state index is -1.01. The highest BCUT2D eigenvalue weighted by molar-refractivity contribution is 7.10. The van der Waals surface area contributed by atoms with Gasteiger partial charge in [-0.1, -0.05) is 44.2 Å². The van der Waals surface area contributed by atoms with Gasteiger partial charge in [0.2, 0.25) is 5.91 Å². The fourth-order valence-electron chi connectivity index (χ4n) is 3.09. The molecular formula is C20H23NO4S. The first-order valence-electron chi connectivity index (χ1n) is 8.77. The lowest BCUT2D eigenvalue weighted by Gasteiger charge is -2.21. The summed E-state index contributed by atoms with van der Waals surface area (Å²) in [7, 11) is 0. The van der Waals surface area contributed by atoms with Crippen molar-refractivity contribution < 1.29 is 19.4 Å². The van der Waals surface area contributed by atoms with Crippen LogP contribution >= 0.6 is 11.3 Å². The van der Waals surface area contributed by atoms with Gasteiger partial charge in [-0.2, -0.15) is 0 Å². The van der Waals surface area contributed by atoms with Crippen LogP contribution in [0.3, 0.4) is 0 Å². The van der Waals surface area contributed by atoms with Crippen LogP contribution in [-0.4, -0.2) is 29.2 Å². The minimum Gasteiger partial charge on any atom is -0.479 e. The predicted octanol–water partition coefficient (Wildman–Crippen LogP) is 3.71. The monoisotopic (exact) mass is 373 g/mol. The zero-order valence-electron chi connectivity index (χ0n) is 14.8. The summed E-state index contributed by atoms with van der Waals surface area (Å²) in [6.45, 7) is 4.29. The average Bonchev–Trinajstić information content (AvgIpc) is 3.31. The van der Waals surface area contributed by atoms with E-state index in [0.29, 0.717) is 18.8 Å². The second-order valence-electron chi connectivity index (χ2n) is 6.81. The number of nitrogens with one attached hydrogen (secondary N) is 1. The zero-order valence-corrected chi connectivity index (χ0v) is 15.7. The van der Waals surface area contributed by atoms with Crippen molar-refractivity contribution >= 4 is 23.2 Å². The van der Waals surface area contributed by atoms with E-state index in [0.717, 1.165) is 10.4 Å². The number of rotatable bonds is 6. The number of carbonyl (C=O) groups is 2. The lowest BCUT2D eigenvalue weighted by molar-refractivity contribution is -0.151. The Labute approximate surface area is 157 Å². The highest BCUT2D eigenvalue weighted by Crippen LogP contribution is 2.29. The van der Waals surface area contributed by atoms with Crippen molar-refractivity contribution in [1.29, 1.82) is 0 Å². The molecule has 3 atom stereocenters. The Morgan fingerprint density at radius 2 is 1.77 bits per heavy atom. The topological polar surface area (TPSA) is 75.6 Å². The van der Waals surface area contributed by atoms with Crippen LogP contribution in [-0.2, 0) is 14.3 Å². The van der Waals surface area contributed by atoms with Gasteiger partial charge in [-0.25, -0.2) is 4.79 Å². The molecule has 2 aromatic rings. The number of carboxylic acids is 1. The molecule has 0 aliphatic carbocycles. The first kappa shape index (κ1) is 18.6. The maximum Gasteiger partial charge on any atom is 0.332 e. The Kier molecular flexibility index (Phi) is 5.74. The summed E-state index contributed by atoms with van der Waals surface area (Å²) in [5, 5.41) is 14.1. The first-order valence-corrected chi connectivity index (χ1v) is 9.65. The molecule has 2 heterocycles. The molecule has 1 aliphatic heterocycles. The summed E-state index contributed by atoms with van der Waals surface area (Å²) >= 11 is 1.58. The Morgan fingerprint density at radius 3 is 2.31 bits per heavy atom. The molecule has 1 fully saturated rings. The third kappa shape index (κ3) is 4.14. The maximum atomic E-state index is 12.6. The second kappa shape index (κ2) is 8.01. The first-order chi connectivity index (χ1) is 12.5. The standard InChI is InChI=1S/C20H23NO4S/c1-12(2)13-5-7-14(8-6-13)18(17-4-3-11-26-17)21-19(22)15-9-10-16(25-15)20(23)24/h3-8,11-12,15-16,18H,9-10H2,1-2H3,(H,21,22)(H,23,24)/t15-,16+,18?/m0/s1. The van der Waals surface area contributed by atoms with E-state index in [1.54, 1.807) is 11.3 Å². The Hall–Kier alpha value is -2.18.